The van der Waals surface area contributed by atoms with E-state index >= 15 is 0 Å². The van der Waals surface area contributed by atoms with Gasteiger partial charge in [-0.15, -0.1) is 11.4 Å². The van der Waals surface area contributed by atoms with Crippen molar-refractivity contribution in [2.24, 2.45) is 20.5 Å². The first-order valence-electron chi connectivity index (χ1n) is 16.9. The number of rotatable bonds is 14. The van der Waals surface area contributed by atoms with E-state index in [0.717, 1.165) is 36.4 Å². The Morgan fingerprint density at radius 1 is 0.589 bits per heavy atom. The van der Waals surface area contributed by atoms with Crippen molar-refractivity contribution in [3.8, 4) is 0 Å². The van der Waals surface area contributed by atoms with E-state index in [9.17, 15) is 36.4 Å². The summed E-state index contributed by atoms with van der Waals surface area (Å²) in [5.41, 5.74) is 11.3. The monoisotopic (exact) mass is 794 g/mol. The third kappa shape index (κ3) is 10.7. The Balaban J connectivity index is 1.15. The van der Waals surface area contributed by atoms with Crippen molar-refractivity contribution in [1.82, 2.24) is 0 Å². The second-order valence-electron chi connectivity index (χ2n) is 12.2. The van der Waals surface area contributed by atoms with E-state index < -0.39 is 30.0 Å². The third-order valence-corrected chi connectivity index (χ3v) is 10.00. The first-order valence-corrected chi connectivity index (χ1v) is 19.8. The maximum absolute atomic E-state index is 12.4. The molecule has 0 fully saturated rings. The Morgan fingerprint density at radius 3 is 1.66 bits per heavy atom. The fraction of sp³-hybridized carbons (Fsp3) is 0.105. The van der Waals surface area contributed by atoms with Gasteiger partial charge < -0.3 is 31.6 Å². The summed E-state index contributed by atoms with van der Waals surface area (Å²) < 4.78 is 69.7. The van der Waals surface area contributed by atoms with Crippen molar-refractivity contribution in [1.29, 1.82) is 0 Å². The summed E-state index contributed by atoms with van der Waals surface area (Å²) in [4.78, 5) is -1.25. The second kappa shape index (κ2) is 17.5. The van der Waals surface area contributed by atoms with E-state index in [1.54, 1.807) is 48.6 Å². The van der Waals surface area contributed by atoms with Crippen molar-refractivity contribution in [2.75, 3.05) is 10.3 Å². The molecule has 0 unspecified atom stereocenters. The van der Waals surface area contributed by atoms with E-state index in [-0.39, 0.29) is 28.2 Å². The highest BCUT2D eigenvalue weighted by atomic mass is 32.2. The van der Waals surface area contributed by atoms with Crippen molar-refractivity contribution in [3.05, 3.63) is 160 Å². The van der Waals surface area contributed by atoms with Gasteiger partial charge in [0.2, 0.25) is 0 Å². The van der Waals surface area contributed by atoms with E-state index in [4.69, 9.17) is 0 Å². The molecule has 0 bridgehead atoms. The molecule has 6 rings (SSSR count). The Bertz CT molecular complexity index is 2520. The molecule has 4 aromatic carbocycles. The molecule has 0 radical (unpaired) electrons. The van der Waals surface area contributed by atoms with Crippen LogP contribution in [0.2, 0.25) is 0 Å². The van der Waals surface area contributed by atoms with Gasteiger partial charge in [-0.3, -0.25) is 9.11 Å². The summed E-state index contributed by atoms with van der Waals surface area (Å²) in [7, 11) is -9.76. The molecule has 288 valence electrons. The molecule has 0 spiro atoms. The Labute approximate surface area is 322 Å². The second-order valence-corrected chi connectivity index (χ2v) is 15.0. The number of hydrogen-bond donors (Lipinski definition) is 4. The van der Waals surface area contributed by atoms with E-state index in [1.165, 1.54) is 36.4 Å². The molecule has 0 saturated carbocycles. The van der Waals surface area contributed by atoms with Crippen LogP contribution in [0.1, 0.15) is 36.8 Å². The third-order valence-electron chi connectivity index (χ3n) is 8.18. The standard InChI is InChI=1S/C38H34N8O8S2/c47-45(43-33-19-15-31(16-20-33)41-39-29-7-3-1-4-8-29)35-23-13-27(37(25-35)55(49,50)51)11-12-28-14-24-36(26-38(28)56(52,53)54)46(48)44-34-21-17-32(18-22-34)42-40-30-9-5-2-6-10-30/h1-5,7-9,11-17,19-21,23-26,47-48H,6,10,18,22H2,(H,49,50,51)(H,52,53,54)/q-2/b12-11-,41-39?,42-40?. The van der Waals surface area contributed by atoms with Gasteiger partial charge in [0.05, 0.1) is 22.8 Å². The molecular weight excluding hydrogens is 761 g/mol. The van der Waals surface area contributed by atoms with Crippen LogP contribution in [0, 0.1) is 0 Å². The zero-order valence-electron chi connectivity index (χ0n) is 29.3. The molecule has 4 N–H and O–H groups in total. The summed E-state index contributed by atoms with van der Waals surface area (Å²) in [5.74, 6) is 0. The number of hydrogen-bond acceptors (Lipinski definition) is 12. The van der Waals surface area contributed by atoms with Gasteiger partial charge >= 0.3 is 0 Å². The predicted molar refractivity (Wildman–Crippen MR) is 210 cm³/mol. The smallest absolute Gasteiger partial charge is 0.295 e. The van der Waals surface area contributed by atoms with Gasteiger partial charge in [0, 0.05) is 11.4 Å². The summed E-state index contributed by atoms with van der Waals surface area (Å²) >= 11 is 0. The van der Waals surface area contributed by atoms with Crippen molar-refractivity contribution < 1.29 is 36.4 Å². The first kappa shape index (κ1) is 39.4. The molecule has 0 saturated heterocycles. The van der Waals surface area contributed by atoms with Crippen LogP contribution < -0.4 is 10.3 Å². The average Bonchev–Trinajstić information content (AvgIpc) is 3.19. The van der Waals surface area contributed by atoms with Crippen LogP contribution in [0.25, 0.3) is 23.0 Å². The zero-order valence-corrected chi connectivity index (χ0v) is 31.0. The summed E-state index contributed by atoms with van der Waals surface area (Å²) in [6.45, 7) is 0. The maximum atomic E-state index is 12.4. The van der Waals surface area contributed by atoms with Crippen LogP contribution >= 0.6 is 0 Å². The van der Waals surface area contributed by atoms with Crippen molar-refractivity contribution in [2.45, 2.75) is 35.5 Å². The van der Waals surface area contributed by atoms with Crippen molar-refractivity contribution >= 4 is 60.8 Å². The van der Waals surface area contributed by atoms with Gasteiger partial charge in [-0.2, -0.15) is 37.3 Å². The quantitative estimate of drug-likeness (QED) is 0.0408. The van der Waals surface area contributed by atoms with Gasteiger partial charge in [-0.05, 0) is 97.5 Å². The fourth-order valence-corrected chi connectivity index (χ4v) is 6.73. The highest BCUT2D eigenvalue weighted by Crippen LogP contribution is 2.33. The highest BCUT2D eigenvalue weighted by molar-refractivity contribution is 7.86. The molecule has 0 heterocycles. The lowest BCUT2D eigenvalue weighted by molar-refractivity contribution is 0.285. The maximum Gasteiger partial charge on any atom is 0.295 e. The van der Waals surface area contributed by atoms with Crippen LogP contribution in [0.4, 0.5) is 28.4 Å². The molecule has 0 atom stereocenters. The Morgan fingerprint density at radius 2 is 1.14 bits per heavy atom. The molecule has 0 aliphatic heterocycles. The van der Waals surface area contributed by atoms with Crippen LogP contribution in [0.15, 0.2) is 169 Å². The highest BCUT2D eigenvalue weighted by Gasteiger charge is 2.18. The predicted octanol–water partition coefficient (Wildman–Crippen LogP) is 10.3. The van der Waals surface area contributed by atoms with Crippen LogP contribution in [-0.2, 0) is 20.2 Å². The number of azo groups is 2. The summed E-state index contributed by atoms with van der Waals surface area (Å²) in [5, 5.41) is 39.0. The molecular formula is C38H34N8O8S2-2. The fourth-order valence-electron chi connectivity index (χ4n) is 5.32. The average molecular weight is 795 g/mol. The van der Waals surface area contributed by atoms with Gasteiger partial charge in [0.1, 0.15) is 9.79 Å². The van der Waals surface area contributed by atoms with Gasteiger partial charge in [0.15, 0.2) is 0 Å². The molecule has 2 aliphatic rings. The SMILES string of the molecule is O=S(=O)(O)c1cc(N(O)[N-]C2=CC=C(N=NC3=CC=CCC3)CC2)ccc1/C=C\c1ccc(N(O)[N-]c2ccc(N=Nc3ccccc3)cc2)cc1S(=O)(=O)O. The minimum absolute atomic E-state index is 0.0843. The number of anilines is 2. The van der Waals surface area contributed by atoms with Crippen molar-refractivity contribution in [3.63, 3.8) is 0 Å². The summed E-state index contributed by atoms with van der Waals surface area (Å²) in [6.07, 6.45) is 14.3. The van der Waals surface area contributed by atoms with Crippen LogP contribution in [-0.4, -0.2) is 36.4 Å². The molecule has 4 aromatic rings. The lowest BCUT2D eigenvalue weighted by atomic mass is 10.1. The van der Waals surface area contributed by atoms with Gasteiger partial charge in [-0.1, -0.05) is 72.8 Å². The minimum atomic E-state index is -4.88. The zero-order chi connectivity index (χ0) is 39.7. The van der Waals surface area contributed by atoms with E-state index in [0.29, 0.717) is 40.3 Å². The molecule has 0 amide bonds. The van der Waals surface area contributed by atoms with Crippen LogP contribution in [0.5, 0.6) is 0 Å². The minimum Gasteiger partial charge on any atom is -0.572 e. The number of benzene rings is 4. The molecule has 56 heavy (non-hydrogen) atoms. The topological polar surface area (TPSA) is 233 Å². The number of allylic oxidation sites excluding steroid dienone is 8. The lowest BCUT2D eigenvalue weighted by Crippen LogP contribution is -2.14. The van der Waals surface area contributed by atoms with E-state index in [1.807, 2.05) is 30.4 Å². The van der Waals surface area contributed by atoms with Crippen LogP contribution in [0.3, 0.4) is 0 Å². The normalized spacial score (nSPS) is 14.8. The van der Waals surface area contributed by atoms with Gasteiger partial charge in [-0.25, -0.2) is 0 Å². The molecule has 2 aliphatic carbocycles. The molecule has 0 aromatic heterocycles. The van der Waals surface area contributed by atoms with Gasteiger partial charge in [0.25, 0.3) is 20.2 Å². The Kier molecular flexibility index (Phi) is 12.3. The first-order chi connectivity index (χ1) is 26.8. The van der Waals surface area contributed by atoms with E-state index in [2.05, 4.69) is 37.4 Å². The Hall–Kier alpha value is -6.28. The largest absolute Gasteiger partial charge is 0.572 e. The summed E-state index contributed by atoms with van der Waals surface area (Å²) in [6, 6.07) is 22.5. The molecule has 18 heteroatoms. The number of nitrogens with zero attached hydrogens (tertiary/aromatic N) is 8. The lowest BCUT2D eigenvalue weighted by Gasteiger charge is -2.36. The molecule has 16 nitrogen and oxygen atoms in total.